The van der Waals surface area contributed by atoms with Gasteiger partial charge < -0.3 is 5.32 Å². The van der Waals surface area contributed by atoms with Crippen molar-refractivity contribution in [2.24, 2.45) is 4.99 Å². The van der Waals surface area contributed by atoms with E-state index in [9.17, 15) is 18.0 Å². The molecule has 0 fully saturated rings. The Bertz CT molecular complexity index is 869. The first kappa shape index (κ1) is 14.0. The fourth-order valence-electron chi connectivity index (χ4n) is 3.02. The number of anilines is 1. The van der Waals surface area contributed by atoms with Gasteiger partial charge >= 0.3 is 6.18 Å². The predicted molar refractivity (Wildman–Crippen MR) is 80.5 cm³/mol. The van der Waals surface area contributed by atoms with Gasteiger partial charge in [-0.2, -0.15) is 13.2 Å². The molecule has 2 aromatic rings. The van der Waals surface area contributed by atoms with Crippen LogP contribution in [-0.4, -0.2) is 12.1 Å². The summed E-state index contributed by atoms with van der Waals surface area (Å²) in [4.78, 5) is 15.5. The van der Waals surface area contributed by atoms with Crippen LogP contribution in [0.1, 0.15) is 22.3 Å². The van der Waals surface area contributed by atoms with E-state index in [2.05, 4.69) is 10.3 Å². The van der Waals surface area contributed by atoms with Crippen LogP contribution in [0, 0.1) is 0 Å². The summed E-state index contributed by atoms with van der Waals surface area (Å²) < 4.78 is 39.4. The highest BCUT2D eigenvalue weighted by Gasteiger charge is 2.33. The van der Waals surface area contributed by atoms with E-state index in [1.807, 2.05) is 0 Å². The van der Waals surface area contributed by atoms with E-state index in [-0.39, 0.29) is 12.5 Å². The van der Waals surface area contributed by atoms with Crippen LogP contribution in [0.25, 0.3) is 11.1 Å². The van der Waals surface area contributed by atoms with Crippen molar-refractivity contribution in [2.75, 3.05) is 5.32 Å². The highest BCUT2D eigenvalue weighted by Crippen LogP contribution is 2.38. The van der Waals surface area contributed by atoms with Gasteiger partial charge in [0.1, 0.15) is 0 Å². The van der Waals surface area contributed by atoms with Crippen molar-refractivity contribution in [3.63, 3.8) is 0 Å². The molecule has 0 aromatic heterocycles. The normalized spacial score (nSPS) is 15.5. The summed E-state index contributed by atoms with van der Waals surface area (Å²) in [6.45, 7) is 0.258. The second kappa shape index (κ2) is 4.68. The van der Waals surface area contributed by atoms with Crippen LogP contribution >= 0.6 is 0 Å². The Hall–Kier alpha value is -2.63. The van der Waals surface area contributed by atoms with Gasteiger partial charge in [-0.1, -0.05) is 12.1 Å². The van der Waals surface area contributed by atoms with Crippen LogP contribution in [0.3, 0.4) is 0 Å². The van der Waals surface area contributed by atoms with Crippen LogP contribution in [0.5, 0.6) is 0 Å². The quantitative estimate of drug-likeness (QED) is 0.854. The molecule has 2 aliphatic rings. The lowest BCUT2D eigenvalue weighted by Crippen LogP contribution is -2.07. The maximum absolute atomic E-state index is 13.1. The molecule has 1 amide bonds. The maximum atomic E-state index is 13.1. The van der Waals surface area contributed by atoms with Gasteiger partial charge in [0.2, 0.25) is 5.91 Å². The van der Waals surface area contributed by atoms with Gasteiger partial charge in [-0.3, -0.25) is 9.79 Å². The Morgan fingerprint density at radius 3 is 2.70 bits per heavy atom. The fourth-order valence-corrected chi connectivity index (χ4v) is 3.02. The molecule has 2 heterocycles. The second-order valence-electron chi connectivity index (χ2n) is 5.66. The molecule has 2 aliphatic heterocycles. The zero-order chi connectivity index (χ0) is 16.2. The maximum Gasteiger partial charge on any atom is 0.416 e. The SMILES string of the molecule is O=C1Cc2ccc(-c3cc(C(F)(F)F)cc4c3C=NC4)cc2N1. The molecule has 1 N–H and O–H groups in total. The Labute approximate surface area is 129 Å². The summed E-state index contributed by atoms with van der Waals surface area (Å²) in [5, 5.41) is 2.73. The first-order valence-electron chi connectivity index (χ1n) is 7.09. The molecule has 4 rings (SSSR count). The number of amides is 1. The second-order valence-corrected chi connectivity index (χ2v) is 5.66. The van der Waals surface area contributed by atoms with Gasteiger partial charge in [0.05, 0.1) is 18.5 Å². The smallest absolute Gasteiger partial charge is 0.326 e. The number of benzene rings is 2. The van der Waals surface area contributed by atoms with Crippen molar-refractivity contribution in [1.29, 1.82) is 0 Å². The third kappa shape index (κ3) is 2.30. The molecule has 0 saturated carbocycles. The zero-order valence-electron chi connectivity index (χ0n) is 11.9. The van der Waals surface area contributed by atoms with Gasteiger partial charge in [0, 0.05) is 17.5 Å². The average Bonchev–Trinajstić information content (AvgIpc) is 3.08. The van der Waals surface area contributed by atoms with E-state index in [4.69, 9.17) is 0 Å². The summed E-state index contributed by atoms with van der Waals surface area (Å²) >= 11 is 0. The predicted octanol–water partition coefficient (Wildman–Crippen LogP) is 3.80. The number of nitrogens with zero attached hydrogens (tertiary/aromatic N) is 1. The van der Waals surface area contributed by atoms with E-state index in [1.165, 1.54) is 0 Å². The third-order valence-corrected chi connectivity index (χ3v) is 4.12. The van der Waals surface area contributed by atoms with Gasteiger partial charge in [0.15, 0.2) is 0 Å². The van der Waals surface area contributed by atoms with Crippen molar-refractivity contribution in [3.05, 3.63) is 52.6 Å². The lowest BCUT2D eigenvalue weighted by molar-refractivity contribution is -0.137. The van der Waals surface area contributed by atoms with Gasteiger partial charge in [-0.15, -0.1) is 0 Å². The number of carbonyl (C=O) groups is 1. The topological polar surface area (TPSA) is 41.5 Å². The standard InChI is InChI=1S/C17H11F3N2O/c18-17(19,20)12-3-11-7-21-8-14(11)13(6-12)9-1-2-10-5-16(23)22-15(10)4-9/h1-4,6,8H,5,7H2,(H,22,23). The van der Waals surface area contributed by atoms with E-state index in [0.717, 1.165) is 17.7 Å². The fraction of sp³-hybridized carbons (Fsp3) is 0.176. The first-order valence-corrected chi connectivity index (χ1v) is 7.09. The minimum atomic E-state index is -4.41. The molecule has 0 radical (unpaired) electrons. The molecule has 0 unspecified atom stereocenters. The van der Waals surface area contributed by atoms with Crippen molar-refractivity contribution in [3.8, 4) is 11.1 Å². The van der Waals surface area contributed by atoms with E-state index < -0.39 is 11.7 Å². The van der Waals surface area contributed by atoms with E-state index >= 15 is 0 Å². The largest absolute Gasteiger partial charge is 0.416 e. The minimum Gasteiger partial charge on any atom is -0.326 e. The number of nitrogens with one attached hydrogen (secondary N) is 1. The molecule has 0 saturated heterocycles. The summed E-state index contributed by atoms with van der Waals surface area (Å²) in [6.07, 6.45) is -2.49. The van der Waals surface area contributed by atoms with Gasteiger partial charge in [-0.05, 0) is 40.5 Å². The highest BCUT2D eigenvalue weighted by molar-refractivity contribution is 6.01. The molecule has 3 nitrogen and oxygen atoms in total. The summed E-state index contributed by atoms with van der Waals surface area (Å²) in [7, 11) is 0. The lowest BCUT2D eigenvalue weighted by atomic mass is 9.93. The zero-order valence-corrected chi connectivity index (χ0v) is 11.9. The summed E-state index contributed by atoms with van der Waals surface area (Å²) in [5.74, 6) is -0.104. The monoisotopic (exact) mass is 316 g/mol. The molecule has 0 aliphatic carbocycles. The number of hydrogen-bond acceptors (Lipinski definition) is 2. The van der Waals surface area contributed by atoms with Crippen molar-refractivity contribution >= 4 is 17.8 Å². The Balaban J connectivity index is 1.89. The summed E-state index contributed by atoms with van der Waals surface area (Å²) in [5.41, 5.74) is 3.24. The first-order chi connectivity index (χ1) is 10.9. The van der Waals surface area contributed by atoms with Crippen LogP contribution < -0.4 is 5.32 Å². The van der Waals surface area contributed by atoms with Crippen LogP contribution in [0.2, 0.25) is 0 Å². The minimum absolute atomic E-state index is 0.104. The molecular weight excluding hydrogens is 305 g/mol. The summed E-state index contributed by atoms with van der Waals surface area (Å²) in [6, 6.07) is 7.56. The molecule has 0 spiro atoms. The Morgan fingerprint density at radius 1 is 1.09 bits per heavy atom. The highest BCUT2D eigenvalue weighted by atomic mass is 19.4. The number of alkyl halides is 3. The van der Waals surface area contributed by atoms with E-state index in [0.29, 0.717) is 34.4 Å². The molecule has 0 atom stereocenters. The number of carbonyl (C=O) groups excluding carboxylic acids is 1. The lowest BCUT2D eigenvalue weighted by Gasteiger charge is -2.14. The number of halogens is 3. The number of rotatable bonds is 1. The Kier molecular flexibility index (Phi) is 2.85. The molecular formula is C17H11F3N2O. The Morgan fingerprint density at radius 2 is 1.91 bits per heavy atom. The molecule has 0 bridgehead atoms. The number of fused-ring (bicyclic) bond motifs is 2. The molecule has 23 heavy (non-hydrogen) atoms. The van der Waals surface area contributed by atoms with Crippen molar-refractivity contribution in [2.45, 2.75) is 19.1 Å². The molecule has 2 aromatic carbocycles. The van der Waals surface area contributed by atoms with Gasteiger partial charge in [0.25, 0.3) is 0 Å². The molecule has 116 valence electrons. The molecule has 6 heteroatoms. The van der Waals surface area contributed by atoms with Crippen LogP contribution in [0.15, 0.2) is 35.3 Å². The average molecular weight is 316 g/mol. The van der Waals surface area contributed by atoms with Crippen LogP contribution in [-0.2, 0) is 23.9 Å². The van der Waals surface area contributed by atoms with Gasteiger partial charge in [-0.25, -0.2) is 0 Å². The van der Waals surface area contributed by atoms with E-state index in [1.54, 1.807) is 24.4 Å². The van der Waals surface area contributed by atoms with Crippen LogP contribution in [0.4, 0.5) is 18.9 Å². The number of aliphatic imine (C=N–C) groups is 1. The number of hydrogen-bond donors (Lipinski definition) is 1. The van der Waals surface area contributed by atoms with Crippen molar-refractivity contribution < 1.29 is 18.0 Å². The third-order valence-electron chi connectivity index (χ3n) is 4.12. The van der Waals surface area contributed by atoms with Crippen molar-refractivity contribution in [1.82, 2.24) is 0 Å².